The first-order valence-corrected chi connectivity index (χ1v) is 13.8. The van der Waals surface area contributed by atoms with Crippen molar-refractivity contribution in [3.8, 4) is 0 Å². The number of nitrogens with zero attached hydrogens (tertiary/aromatic N) is 2. The van der Waals surface area contributed by atoms with Crippen molar-refractivity contribution in [2.75, 3.05) is 31.7 Å². The molecule has 0 unspecified atom stereocenters. The molecule has 2 aromatic rings. The minimum absolute atomic E-state index is 0.0812. The van der Waals surface area contributed by atoms with Gasteiger partial charge < -0.3 is 24.7 Å². The number of ether oxygens (including phenoxy) is 1. The minimum atomic E-state index is -1.77. The van der Waals surface area contributed by atoms with Gasteiger partial charge in [0.15, 0.2) is 5.60 Å². The zero-order chi connectivity index (χ0) is 27.7. The molecule has 9 heteroatoms. The molecule has 1 heterocycles. The zero-order valence-corrected chi connectivity index (χ0v) is 24.0. The van der Waals surface area contributed by atoms with Gasteiger partial charge in [0.1, 0.15) is 0 Å². The van der Waals surface area contributed by atoms with Gasteiger partial charge in [0, 0.05) is 47.5 Å². The molecule has 2 amide bonds. The van der Waals surface area contributed by atoms with Crippen molar-refractivity contribution < 1.29 is 29.3 Å². The van der Waals surface area contributed by atoms with E-state index in [4.69, 9.17) is 0 Å². The summed E-state index contributed by atoms with van der Waals surface area (Å²) in [4.78, 5) is 41.1. The molecular formula is C29H35IN2O6. The number of unbranched alkanes of at least 4 members (excludes halogenated alkanes) is 1. The lowest BCUT2D eigenvalue weighted by Crippen LogP contribution is -2.44. The fraction of sp³-hybridized carbons (Fsp3) is 0.414. The Morgan fingerprint density at radius 1 is 1.18 bits per heavy atom. The number of fused-ring (bicyclic) bond motifs is 1. The first-order valence-electron chi connectivity index (χ1n) is 12.7. The van der Waals surface area contributed by atoms with Gasteiger partial charge in [0.05, 0.1) is 19.4 Å². The number of carbonyl (C=O) groups excluding carboxylic acids is 3. The highest BCUT2D eigenvalue weighted by atomic mass is 127. The lowest BCUT2D eigenvalue weighted by atomic mass is 9.83. The number of benzene rings is 2. The van der Waals surface area contributed by atoms with Crippen LogP contribution in [0.3, 0.4) is 0 Å². The highest BCUT2D eigenvalue weighted by Crippen LogP contribution is 2.45. The predicted octanol–water partition coefficient (Wildman–Crippen LogP) is 3.77. The second-order valence-electron chi connectivity index (χ2n) is 9.36. The number of methoxy groups -OCH3 is 1. The van der Waals surface area contributed by atoms with Gasteiger partial charge in [-0.3, -0.25) is 14.4 Å². The Morgan fingerprint density at radius 3 is 2.61 bits per heavy atom. The van der Waals surface area contributed by atoms with Gasteiger partial charge in [-0.05, 0) is 59.2 Å². The number of hydrogen-bond acceptors (Lipinski definition) is 6. The molecule has 204 valence electrons. The zero-order valence-electron chi connectivity index (χ0n) is 21.8. The van der Waals surface area contributed by atoms with Crippen molar-refractivity contribution >= 4 is 46.1 Å². The fourth-order valence-electron chi connectivity index (χ4n) is 4.64. The smallest absolute Gasteiger partial charge is 0.305 e. The van der Waals surface area contributed by atoms with Gasteiger partial charge >= 0.3 is 5.97 Å². The molecule has 1 aliphatic rings. The van der Waals surface area contributed by atoms with Crippen LogP contribution in [0.15, 0.2) is 60.7 Å². The molecule has 0 saturated carbocycles. The van der Waals surface area contributed by atoms with Crippen molar-refractivity contribution in [1.82, 2.24) is 4.90 Å². The summed E-state index contributed by atoms with van der Waals surface area (Å²) in [6.07, 6.45) is 4.90. The van der Waals surface area contributed by atoms with Gasteiger partial charge in [-0.15, -0.1) is 0 Å². The number of halogens is 1. The average molecular weight is 635 g/mol. The monoisotopic (exact) mass is 634 g/mol. The lowest BCUT2D eigenvalue weighted by Gasteiger charge is -2.28. The van der Waals surface area contributed by atoms with Crippen LogP contribution in [-0.4, -0.2) is 59.7 Å². The van der Waals surface area contributed by atoms with Crippen LogP contribution in [-0.2, 0) is 31.3 Å². The summed E-state index contributed by atoms with van der Waals surface area (Å²) in [5, 5.41) is 21.2. The van der Waals surface area contributed by atoms with Crippen LogP contribution in [0.4, 0.5) is 5.69 Å². The van der Waals surface area contributed by atoms with E-state index in [1.807, 2.05) is 48.5 Å². The summed E-state index contributed by atoms with van der Waals surface area (Å²) in [6.45, 7) is 2.60. The molecule has 8 nitrogen and oxygen atoms in total. The number of amides is 2. The molecule has 1 aliphatic heterocycles. The molecule has 0 aromatic heterocycles. The third kappa shape index (κ3) is 7.00. The summed E-state index contributed by atoms with van der Waals surface area (Å²) in [5.74, 6) is -1.46. The summed E-state index contributed by atoms with van der Waals surface area (Å²) in [6, 6.07) is 15.1. The molecule has 0 radical (unpaired) electrons. The lowest BCUT2D eigenvalue weighted by molar-refractivity contribution is -0.140. The average Bonchev–Trinajstić information content (AvgIpc) is 3.13. The van der Waals surface area contributed by atoms with Crippen molar-refractivity contribution in [1.29, 1.82) is 0 Å². The summed E-state index contributed by atoms with van der Waals surface area (Å²) in [5.41, 5.74) is 0.393. The van der Waals surface area contributed by atoms with Gasteiger partial charge in [-0.1, -0.05) is 49.4 Å². The van der Waals surface area contributed by atoms with Crippen LogP contribution in [0.1, 0.15) is 43.7 Å². The second kappa shape index (κ2) is 13.9. The largest absolute Gasteiger partial charge is 0.469 e. The Kier molecular flexibility index (Phi) is 10.9. The second-order valence-corrected chi connectivity index (χ2v) is 10.6. The van der Waals surface area contributed by atoms with Crippen LogP contribution >= 0.6 is 22.6 Å². The maximum atomic E-state index is 13.6. The van der Waals surface area contributed by atoms with Gasteiger partial charge in [-0.2, -0.15) is 0 Å². The van der Waals surface area contributed by atoms with Crippen LogP contribution in [0.2, 0.25) is 0 Å². The molecule has 3 rings (SSSR count). The van der Waals surface area contributed by atoms with E-state index < -0.39 is 17.4 Å². The Bertz CT molecular complexity index is 1160. The molecule has 0 saturated heterocycles. The SMILES string of the molecule is COC(=O)CCCCN1C(=O)[C@](O)([C@H](C)/C=C/CC(=O)N(CCO)Cc2ccccc2)c2cc(I)ccc21. The Labute approximate surface area is 237 Å². The van der Waals surface area contributed by atoms with E-state index in [1.165, 1.54) is 7.11 Å². The molecule has 2 N–H and O–H groups in total. The third-order valence-corrected chi connectivity index (χ3v) is 7.46. The Morgan fingerprint density at radius 2 is 1.92 bits per heavy atom. The van der Waals surface area contributed by atoms with Crippen LogP contribution in [0, 0.1) is 9.49 Å². The first kappa shape index (κ1) is 29.8. The number of rotatable bonds is 13. The molecule has 2 aromatic carbocycles. The van der Waals surface area contributed by atoms with Gasteiger partial charge in [0.2, 0.25) is 5.91 Å². The van der Waals surface area contributed by atoms with E-state index in [2.05, 4.69) is 27.3 Å². The predicted molar refractivity (Wildman–Crippen MR) is 153 cm³/mol. The maximum absolute atomic E-state index is 13.6. The summed E-state index contributed by atoms with van der Waals surface area (Å²) < 4.78 is 5.58. The maximum Gasteiger partial charge on any atom is 0.305 e. The topological polar surface area (TPSA) is 107 Å². The van der Waals surface area contributed by atoms with E-state index in [0.717, 1.165) is 9.13 Å². The molecule has 0 aliphatic carbocycles. The van der Waals surface area contributed by atoms with Crippen LogP contribution < -0.4 is 4.90 Å². The molecule has 0 spiro atoms. The number of carbonyl (C=O) groups is 3. The number of hydrogen-bond donors (Lipinski definition) is 2. The molecule has 0 bridgehead atoms. The highest BCUT2D eigenvalue weighted by Gasteiger charge is 2.52. The highest BCUT2D eigenvalue weighted by molar-refractivity contribution is 14.1. The fourth-order valence-corrected chi connectivity index (χ4v) is 5.13. The van der Waals surface area contributed by atoms with E-state index in [-0.39, 0.29) is 37.9 Å². The van der Waals surface area contributed by atoms with E-state index in [0.29, 0.717) is 37.2 Å². The number of anilines is 1. The molecule has 38 heavy (non-hydrogen) atoms. The number of esters is 1. The summed E-state index contributed by atoms with van der Waals surface area (Å²) in [7, 11) is 1.35. The minimum Gasteiger partial charge on any atom is -0.469 e. The van der Waals surface area contributed by atoms with Crippen molar-refractivity contribution in [3.05, 3.63) is 75.4 Å². The standard InChI is InChI=1S/C29H35IN2O6/c1-21(9-8-12-26(34)31(17-18-33)20-22-10-4-3-5-11-22)29(37)24-19-23(30)14-15-25(24)32(28(29)36)16-7-6-13-27(35)38-2/h3-5,8-11,14-15,19,21,33,37H,6-7,12-13,16-18,20H2,1-2H3/b9-8+/t21-,29+/m1/s1. The van der Waals surface area contributed by atoms with Gasteiger partial charge in [-0.25, -0.2) is 0 Å². The van der Waals surface area contributed by atoms with Crippen molar-refractivity contribution in [3.63, 3.8) is 0 Å². The van der Waals surface area contributed by atoms with Gasteiger partial charge in [0.25, 0.3) is 5.91 Å². The number of aliphatic hydroxyl groups is 2. The van der Waals surface area contributed by atoms with Crippen LogP contribution in [0.25, 0.3) is 0 Å². The molecular weight excluding hydrogens is 599 g/mol. The first-order chi connectivity index (χ1) is 18.2. The third-order valence-electron chi connectivity index (χ3n) is 6.79. The summed E-state index contributed by atoms with van der Waals surface area (Å²) >= 11 is 2.15. The van der Waals surface area contributed by atoms with E-state index in [1.54, 1.807) is 28.9 Å². The Hall–Kier alpha value is -2.76. The van der Waals surface area contributed by atoms with Crippen molar-refractivity contribution in [2.24, 2.45) is 5.92 Å². The van der Waals surface area contributed by atoms with E-state index in [9.17, 15) is 24.6 Å². The number of aliphatic hydroxyl groups excluding tert-OH is 1. The molecule has 2 atom stereocenters. The van der Waals surface area contributed by atoms with Crippen LogP contribution in [0.5, 0.6) is 0 Å². The normalized spacial score (nSPS) is 17.5. The van der Waals surface area contributed by atoms with E-state index >= 15 is 0 Å². The molecule has 0 fully saturated rings. The van der Waals surface area contributed by atoms with Crippen molar-refractivity contribution in [2.45, 2.75) is 44.8 Å². The Balaban J connectivity index is 1.71. The quantitative estimate of drug-likeness (QED) is 0.151.